The number of rotatable bonds is 5. The molecule has 0 aliphatic carbocycles. The summed E-state index contributed by atoms with van der Waals surface area (Å²) >= 11 is 0. The van der Waals surface area contributed by atoms with Gasteiger partial charge in [-0.15, -0.1) is 10.2 Å². The van der Waals surface area contributed by atoms with Gasteiger partial charge >= 0.3 is 0 Å². The van der Waals surface area contributed by atoms with Crippen LogP contribution in [0.2, 0.25) is 0 Å². The van der Waals surface area contributed by atoms with Gasteiger partial charge in [-0.2, -0.15) is 0 Å². The predicted octanol–water partition coefficient (Wildman–Crippen LogP) is 2.58. The van der Waals surface area contributed by atoms with Gasteiger partial charge in [-0.05, 0) is 44.9 Å². The highest BCUT2D eigenvalue weighted by atomic mass is 16.4. The summed E-state index contributed by atoms with van der Waals surface area (Å²) in [6, 6.07) is 4.01. The Hall–Kier alpha value is -1.66. The van der Waals surface area contributed by atoms with E-state index in [1.807, 2.05) is 30.7 Å². The van der Waals surface area contributed by atoms with Crippen molar-refractivity contribution in [3.05, 3.63) is 35.8 Å². The van der Waals surface area contributed by atoms with E-state index in [-0.39, 0.29) is 0 Å². The van der Waals surface area contributed by atoms with Gasteiger partial charge in [-0.3, -0.25) is 4.90 Å². The van der Waals surface area contributed by atoms with Crippen LogP contribution in [0.4, 0.5) is 0 Å². The second-order valence-electron chi connectivity index (χ2n) is 6.46. The summed E-state index contributed by atoms with van der Waals surface area (Å²) < 4.78 is 7.40. The van der Waals surface area contributed by atoms with Crippen LogP contribution in [-0.4, -0.2) is 37.4 Å². The number of hydrogen-bond donors (Lipinski definition) is 1. The van der Waals surface area contributed by atoms with Gasteiger partial charge in [0.15, 0.2) is 0 Å². The smallest absolute Gasteiger partial charge is 0.146 e. The second kappa shape index (κ2) is 7.27. The fourth-order valence-electron chi connectivity index (χ4n) is 3.34. The molecule has 0 bridgehead atoms. The van der Waals surface area contributed by atoms with Gasteiger partial charge in [0.2, 0.25) is 0 Å². The maximum Gasteiger partial charge on any atom is 0.146 e. The van der Waals surface area contributed by atoms with Crippen molar-refractivity contribution in [1.82, 2.24) is 19.7 Å². The van der Waals surface area contributed by atoms with Gasteiger partial charge in [-0.25, -0.2) is 0 Å². The Morgan fingerprint density at radius 3 is 2.91 bits per heavy atom. The average molecular weight is 318 g/mol. The first kappa shape index (κ1) is 16.2. The van der Waals surface area contributed by atoms with Gasteiger partial charge in [0.25, 0.3) is 0 Å². The molecule has 1 saturated heterocycles. The highest BCUT2D eigenvalue weighted by molar-refractivity contribution is 5.03. The molecule has 6 nitrogen and oxygen atoms in total. The summed E-state index contributed by atoms with van der Waals surface area (Å²) in [5.41, 5.74) is 0. The van der Waals surface area contributed by atoms with E-state index < -0.39 is 6.10 Å². The van der Waals surface area contributed by atoms with E-state index in [4.69, 9.17) is 4.42 Å². The summed E-state index contributed by atoms with van der Waals surface area (Å²) in [5.74, 6) is 2.58. The van der Waals surface area contributed by atoms with Crippen LogP contribution >= 0.6 is 0 Å². The number of hydrogen-bond acceptors (Lipinski definition) is 5. The lowest BCUT2D eigenvalue weighted by atomic mass is 10.0. The topological polar surface area (TPSA) is 67.3 Å². The van der Waals surface area contributed by atoms with Crippen molar-refractivity contribution < 1.29 is 9.52 Å². The van der Waals surface area contributed by atoms with Crippen molar-refractivity contribution in [1.29, 1.82) is 0 Å². The molecule has 0 radical (unpaired) electrons. The van der Waals surface area contributed by atoms with E-state index in [0.717, 1.165) is 31.2 Å². The minimum Gasteiger partial charge on any atom is -0.467 e. The first-order chi connectivity index (χ1) is 11.1. The van der Waals surface area contributed by atoms with Crippen LogP contribution in [0.15, 0.2) is 22.8 Å². The maximum atomic E-state index is 10.4. The number of aliphatic hydroxyl groups is 1. The number of aliphatic hydroxyl groups excluding tert-OH is 1. The zero-order valence-corrected chi connectivity index (χ0v) is 14.0. The van der Waals surface area contributed by atoms with Crippen LogP contribution < -0.4 is 0 Å². The van der Waals surface area contributed by atoms with Crippen molar-refractivity contribution in [3.8, 4) is 0 Å². The zero-order chi connectivity index (χ0) is 16.2. The van der Waals surface area contributed by atoms with Crippen LogP contribution in [0, 0.1) is 6.92 Å². The van der Waals surface area contributed by atoms with Gasteiger partial charge in [0, 0.05) is 13.1 Å². The Labute approximate surface area is 137 Å². The van der Waals surface area contributed by atoms with Crippen LogP contribution in [0.1, 0.15) is 55.6 Å². The normalized spacial score (nSPS) is 21.3. The Morgan fingerprint density at radius 2 is 2.22 bits per heavy atom. The highest BCUT2D eigenvalue weighted by Crippen LogP contribution is 2.27. The molecule has 0 spiro atoms. The fourth-order valence-corrected chi connectivity index (χ4v) is 3.34. The third kappa shape index (κ3) is 3.82. The maximum absolute atomic E-state index is 10.4. The number of aryl methyl sites for hydroxylation is 1. The molecular weight excluding hydrogens is 292 g/mol. The zero-order valence-electron chi connectivity index (χ0n) is 14.0. The number of furan rings is 1. The molecular formula is C17H26N4O2. The van der Waals surface area contributed by atoms with Crippen LogP contribution in [0.3, 0.4) is 0 Å². The second-order valence-corrected chi connectivity index (χ2v) is 6.46. The highest BCUT2D eigenvalue weighted by Gasteiger charge is 2.26. The monoisotopic (exact) mass is 318 g/mol. The summed E-state index contributed by atoms with van der Waals surface area (Å²) in [7, 11) is 2.01. The van der Waals surface area contributed by atoms with Crippen molar-refractivity contribution in [3.63, 3.8) is 0 Å². The molecule has 0 unspecified atom stereocenters. The lowest BCUT2D eigenvalue weighted by Crippen LogP contribution is -2.36. The summed E-state index contributed by atoms with van der Waals surface area (Å²) in [4.78, 5) is 2.45. The third-order valence-corrected chi connectivity index (χ3v) is 4.89. The number of aromatic nitrogens is 3. The van der Waals surface area contributed by atoms with E-state index >= 15 is 0 Å². The van der Waals surface area contributed by atoms with Crippen molar-refractivity contribution >= 4 is 0 Å². The molecule has 1 N–H and O–H groups in total. The van der Waals surface area contributed by atoms with Crippen molar-refractivity contribution in [2.24, 2.45) is 7.05 Å². The molecule has 6 heteroatoms. The SMILES string of the molecule is Cc1nnc(CN2CCCCC[C@@H]2C[C@@H](O)c2ccco2)n1C. The van der Waals surface area contributed by atoms with Crippen LogP contribution in [-0.2, 0) is 13.6 Å². The number of likely N-dealkylation sites (tertiary alicyclic amines) is 1. The molecule has 1 aliphatic heterocycles. The Bertz CT molecular complexity index is 608. The molecule has 23 heavy (non-hydrogen) atoms. The predicted molar refractivity (Wildman–Crippen MR) is 86.7 cm³/mol. The molecule has 126 valence electrons. The number of nitrogens with zero attached hydrogens (tertiary/aromatic N) is 4. The molecule has 2 atom stereocenters. The van der Waals surface area contributed by atoms with E-state index in [9.17, 15) is 5.11 Å². The van der Waals surface area contributed by atoms with Gasteiger partial charge in [-0.1, -0.05) is 12.8 Å². The largest absolute Gasteiger partial charge is 0.467 e. The van der Waals surface area contributed by atoms with Gasteiger partial charge in [0.1, 0.15) is 23.5 Å². The van der Waals surface area contributed by atoms with Crippen molar-refractivity contribution in [2.75, 3.05) is 6.54 Å². The molecule has 3 rings (SSSR count). The molecule has 2 aromatic rings. The molecule has 0 amide bonds. The lowest BCUT2D eigenvalue weighted by Gasteiger charge is -2.30. The molecule has 3 heterocycles. The summed E-state index contributed by atoms with van der Waals surface area (Å²) in [6.07, 6.45) is 6.54. The van der Waals surface area contributed by atoms with Gasteiger partial charge < -0.3 is 14.1 Å². The first-order valence-corrected chi connectivity index (χ1v) is 8.45. The van der Waals surface area contributed by atoms with Gasteiger partial charge in [0.05, 0.1) is 12.8 Å². The third-order valence-electron chi connectivity index (χ3n) is 4.89. The van der Waals surface area contributed by atoms with Crippen molar-refractivity contribution in [2.45, 2.75) is 57.7 Å². The fraction of sp³-hybridized carbons (Fsp3) is 0.647. The molecule has 0 aromatic carbocycles. The Balaban J connectivity index is 1.71. The standard InChI is InChI=1S/C17H26N4O2/c1-13-18-19-17(20(13)2)12-21-9-5-3-4-7-14(21)11-15(22)16-8-6-10-23-16/h6,8,10,14-15,22H,3-5,7,9,11-12H2,1-2H3/t14-,15-/m1/s1. The molecule has 2 aromatic heterocycles. The van der Waals surface area contributed by atoms with Crippen LogP contribution in [0.25, 0.3) is 0 Å². The first-order valence-electron chi connectivity index (χ1n) is 8.45. The van der Waals surface area contributed by atoms with E-state index in [2.05, 4.69) is 15.1 Å². The minimum absolute atomic E-state index is 0.342. The Morgan fingerprint density at radius 1 is 1.35 bits per heavy atom. The van der Waals surface area contributed by atoms with E-state index in [1.54, 1.807) is 6.26 Å². The lowest BCUT2D eigenvalue weighted by molar-refractivity contribution is 0.0814. The molecule has 0 saturated carbocycles. The molecule has 1 fully saturated rings. The summed E-state index contributed by atoms with van der Waals surface area (Å²) in [6.45, 7) is 3.80. The molecule has 1 aliphatic rings. The minimum atomic E-state index is -0.545. The Kier molecular flexibility index (Phi) is 5.13. The quantitative estimate of drug-likeness (QED) is 0.918. The van der Waals surface area contributed by atoms with E-state index in [0.29, 0.717) is 18.2 Å². The van der Waals surface area contributed by atoms with E-state index in [1.165, 1.54) is 19.3 Å². The van der Waals surface area contributed by atoms with Crippen LogP contribution in [0.5, 0.6) is 0 Å². The summed E-state index contributed by atoms with van der Waals surface area (Å²) in [5, 5.41) is 18.9. The average Bonchev–Trinajstić information content (AvgIpc) is 3.12.